The molecular formula is C29H45NO9. The number of methoxy groups -OCH3 is 1. The summed E-state index contributed by atoms with van der Waals surface area (Å²) >= 11 is 0. The van der Waals surface area contributed by atoms with Gasteiger partial charge in [-0.2, -0.15) is 0 Å². The third-order valence-corrected chi connectivity index (χ3v) is 6.35. The van der Waals surface area contributed by atoms with Gasteiger partial charge in [0.15, 0.2) is 11.5 Å². The first-order valence-corrected chi connectivity index (χ1v) is 13.4. The highest BCUT2D eigenvalue weighted by atomic mass is 16.7. The van der Waals surface area contributed by atoms with Crippen LogP contribution < -0.4 is 14.8 Å². The molecule has 0 heterocycles. The Morgan fingerprint density at radius 1 is 0.769 bits per heavy atom. The van der Waals surface area contributed by atoms with E-state index in [1.807, 2.05) is 41.5 Å². The van der Waals surface area contributed by atoms with E-state index in [0.717, 1.165) is 0 Å². The molecule has 10 heteroatoms. The second kappa shape index (κ2) is 16.7. The van der Waals surface area contributed by atoms with Crippen LogP contribution in [-0.2, 0) is 35.0 Å². The minimum Gasteiger partial charge on any atom is -0.468 e. The number of rotatable bonds is 15. The second-order valence-corrected chi connectivity index (χ2v) is 10.7. The van der Waals surface area contributed by atoms with Crippen molar-refractivity contribution in [2.45, 2.75) is 67.9 Å². The topological polar surface area (TPSA) is 126 Å². The Morgan fingerprint density at radius 2 is 1.33 bits per heavy atom. The number of benzene rings is 1. The molecule has 1 rings (SSSR count). The standard InChI is InChI=1S/C29H45NO9/c1-17(2)16-37-29(34)36-13-12-30-23(28(33)35-9)14-22-10-11-24(38-26(31)20(7)18(3)4)25(15-22)39-27(32)21(8)19(5)6/h10-11,15,17-21,23,30H,12-14,16H2,1-9H3/t20?,21?,23-/m0/s1. The molecule has 0 saturated carbocycles. The quantitative estimate of drug-likeness (QED) is 0.188. The van der Waals surface area contributed by atoms with Crippen LogP contribution in [0.15, 0.2) is 18.2 Å². The molecule has 10 nitrogen and oxygen atoms in total. The molecule has 1 aromatic rings. The van der Waals surface area contributed by atoms with Crippen molar-refractivity contribution >= 4 is 24.1 Å². The van der Waals surface area contributed by atoms with Crippen LogP contribution in [0.25, 0.3) is 0 Å². The van der Waals surface area contributed by atoms with Crippen LogP contribution >= 0.6 is 0 Å². The van der Waals surface area contributed by atoms with Gasteiger partial charge in [-0.3, -0.25) is 14.4 Å². The molecule has 1 N–H and O–H groups in total. The van der Waals surface area contributed by atoms with Crippen molar-refractivity contribution in [3.05, 3.63) is 23.8 Å². The molecule has 0 aliphatic carbocycles. The fourth-order valence-electron chi connectivity index (χ4n) is 3.05. The van der Waals surface area contributed by atoms with Gasteiger partial charge in [0.05, 0.1) is 25.6 Å². The molecule has 0 spiro atoms. The molecular weight excluding hydrogens is 506 g/mol. The molecule has 0 saturated heterocycles. The van der Waals surface area contributed by atoms with E-state index in [2.05, 4.69) is 5.32 Å². The largest absolute Gasteiger partial charge is 0.508 e. The molecule has 0 fully saturated rings. The van der Waals surface area contributed by atoms with Gasteiger partial charge in [0.1, 0.15) is 12.6 Å². The molecule has 0 bridgehead atoms. The van der Waals surface area contributed by atoms with Crippen molar-refractivity contribution < 1.29 is 42.9 Å². The van der Waals surface area contributed by atoms with Crippen LogP contribution in [0.5, 0.6) is 11.5 Å². The van der Waals surface area contributed by atoms with Crippen molar-refractivity contribution in [2.24, 2.45) is 29.6 Å². The first-order chi connectivity index (χ1) is 18.3. The van der Waals surface area contributed by atoms with Gasteiger partial charge in [-0.15, -0.1) is 0 Å². The SMILES string of the molecule is COC(=O)[C@H](Cc1ccc(OC(=O)C(C)C(C)C)c(OC(=O)C(C)C(C)C)c1)NCCOC(=O)OCC(C)C. The Kier molecular flexibility index (Phi) is 14.5. The average molecular weight is 552 g/mol. The maximum Gasteiger partial charge on any atom is 0.508 e. The van der Waals surface area contributed by atoms with Gasteiger partial charge in [-0.05, 0) is 41.9 Å². The molecule has 0 amide bonds. The van der Waals surface area contributed by atoms with Crippen molar-refractivity contribution in [1.82, 2.24) is 5.32 Å². The van der Waals surface area contributed by atoms with E-state index >= 15 is 0 Å². The van der Waals surface area contributed by atoms with E-state index in [9.17, 15) is 19.2 Å². The van der Waals surface area contributed by atoms with E-state index in [1.54, 1.807) is 32.0 Å². The summed E-state index contributed by atoms with van der Waals surface area (Å²) in [6.07, 6.45) is -0.607. The van der Waals surface area contributed by atoms with Crippen molar-refractivity contribution in [3.8, 4) is 11.5 Å². The summed E-state index contributed by atoms with van der Waals surface area (Å²) in [5.74, 6) is -1.65. The predicted molar refractivity (Wildman–Crippen MR) is 145 cm³/mol. The molecule has 0 aliphatic rings. The van der Waals surface area contributed by atoms with Gasteiger partial charge in [0, 0.05) is 6.54 Å². The first kappa shape index (κ1) is 33.9. The molecule has 3 atom stereocenters. The van der Waals surface area contributed by atoms with Crippen LogP contribution in [0.2, 0.25) is 0 Å². The van der Waals surface area contributed by atoms with Gasteiger partial charge in [0.25, 0.3) is 0 Å². The molecule has 0 radical (unpaired) electrons. The van der Waals surface area contributed by atoms with E-state index < -0.39 is 30.1 Å². The molecule has 2 unspecified atom stereocenters. The summed E-state index contributed by atoms with van der Waals surface area (Å²) in [4.78, 5) is 49.4. The predicted octanol–water partition coefficient (Wildman–Crippen LogP) is 4.56. The fraction of sp³-hybridized carbons (Fsp3) is 0.655. The maximum absolute atomic E-state index is 12.7. The Hall–Kier alpha value is -3.14. The maximum atomic E-state index is 12.7. The number of hydrogen-bond donors (Lipinski definition) is 1. The number of carbonyl (C=O) groups excluding carboxylic acids is 4. The molecule has 1 aromatic carbocycles. The number of ether oxygens (including phenoxy) is 5. The molecule has 0 aromatic heterocycles. The van der Waals surface area contributed by atoms with Gasteiger partial charge < -0.3 is 29.0 Å². The van der Waals surface area contributed by atoms with Gasteiger partial charge in [-0.1, -0.05) is 61.5 Å². The zero-order chi connectivity index (χ0) is 29.7. The van der Waals surface area contributed by atoms with Crippen molar-refractivity contribution in [3.63, 3.8) is 0 Å². The number of esters is 3. The van der Waals surface area contributed by atoms with Crippen molar-refractivity contribution in [2.75, 3.05) is 26.9 Å². The highest BCUT2D eigenvalue weighted by Gasteiger charge is 2.25. The third-order valence-electron chi connectivity index (χ3n) is 6.35. The lowest BCUT2D eigenvalue weighted by Crippen LogP contribution is -2.41. The van der Waals surface area contributed by atoms with Gasteiger partial charge >= 0.3 is 24.1 Å². The van der Waals surface area contributed by atoms with Crippen LogP contribution in [0.1, 0.15) is 61.0 Å². The zero-order valence-corrected chi connectivity index (χ0v) is 24.7. The van der Waals surface area contributed by atoms with E-state index in [4.69, 9.17) is 23.7 Å². The van der Waals surface area contributed by atoms with Crippen molar-refractivity contribution in [1.29, 1.82) is 0 Å². The monoisotopic (exact) mass is 551 g/mol. The molecule has 0 aliphatic heterocycles. The van der Waals surface area contributed by atoms with Crippen LogP contribution in [0.4, 0.5) is 4.79 Å². The number of carbonyl (C=O) groups is 4. The third kappa shape index (κ3) is 12.1. The summed E-state index contributed by atoms with van der Waals surface area (Å²) in [5, 5.41) is 3.01. The molecule has 39 heavy (non-hydrogen) atoms. The summed E-state index contributed by atoms with van der Waals surface area (Å²) in [5.41, 5.74) is 0.631. The van der Waals surface area contributed by atoms with Crippen LogP contribution in [0.3, 0.4) is 0 Å². The highest BCUT2D eigenvalue weighted by Crippen LogP contribution is 2.31. The minimum absolute atomic E-state index is 0.0106. The lowest BCUT2D eigenvalue weighted by atomic mass is 9.98. The Morgan fingerprint density at radius 3 is 1.85 bits per heavy atom. The average Bonchev–Trinajstić information content (AvgIpc) is 2.88. The number of hydrogen-bond acceptors (Lipinski definition) is 10. The zero-order valence-electron chi connectivity index (χ0n) is 24.7. The summed E-state index contributed by atoms with van der Waals surface area (Å²) < 4.78 is 26.1. The summed E-state index contributed by atoms with van der Waals surface area (Å²) in [6, 6.07) is 4.03. The first-order valence-electron chi connectivity index (χ1n) is 13.4. The van der Waals surface area contributed by atoms with E-state index in [-0.39, 0.29) is 67.3 Å². The van der Waals surface area contributed by atoms with Gasteiger partial charge in [-0.25, -0.2) is 4.79 Å². The Bertz CT molecular complexity index is 958. The van der Waals surface area contributed by atoms with E-state index in [0.29, 0.717) is 5.56 Å². The lowest BCUT2D eigenvalue weighted by molar-refractivity contribution is -0.143. The fourth-order valence-corrected chi connectivity index (χ4v) is 3.05. The normalized spacial score (nSPS) is 13.5. The smallest absolute Gasteiger partial charge is 0.468 e. The Balaban J connectivity index is 3.05. The summed E-state index contributed by atoms with van der Waals surface area (Å²) in [7, 11) is 1.27. The van der Waals surface area contributed by atoms with Crippen LogP contribution in [-0.4, -0.2) is 57.0 Å². The Labute approximate surface area is 232 Å². The van der Waals surface area contributed by atoms with Crippen LogP contribution in [0, 0.1) is 29.6 Å². The number of nitrogens with one attached hydrogen (secondary N) is 1. The second-order valence-electron chi connectivity index (χ2n) is 10.7. The van der Waals surface area contributed by atoms with E-state index in [1.165, 1.54) is 7.11 Å². The lowest BCUT2D eigenvalue weighted by Gasteiger charge is -2.20. The minimum atomic E-state index is -0.780. The molecule has 220 valence electrons. The van der Waals surface area contributed by atoms with Gasteiger partial charge in [0.2, 0.25) is 0 Å². The highest BCUT2D eigenvalue weighted by molar-refractivity contribution is 5.79. The summed E-state index contributed by atoms with van der Waals surface area (Å²) in [6.45, 7) is 15.4.